The molecule has 6 heteroatoms. The van der Waals surface area contributed by atoms with Gasteiger partial charge in [0.15, 0.2) is 6.61 Å². The van der Waals surface area contributed by atoms with E-state index < -0.39 is 5.97 Å². The van der Waals surface area contributed by atoms with Crippen LogP contribution in [0, 0.1) is 6.92 Å². The van der Waals surface area contributed by atoms with Crippen molar-refractivity contribution in [1.29, 1.82) is 0 Å². The van der Waals surface area contributed by atoms with Crippen molar-refractivity contribution in [2.24, 2.45) is 0 Å². The number of nitrogens with zero attached hydrogens (tertiary/aromatic N) is 2. The number of aryl methyl sites for hydroxylation is 1. The molecule has 3 rings (SSSR count). The average molecular weight is 368 g/mol. The minimum Gasteiger partial charge on any atom is -0.452 e. The van der Waals surface area contributed by atoms with Crippen LogP contribution in [0.3, 0.4) is 0 Å². The van der Waals surface area contributed by atoms with Gasteiger partial charge in [-0.3, -0.25) is 4.79 Å². The molecule has 134 valence electrons. The van der Waals surface area contributed by atoms with Crippen molar-refractivity contribution in [2.45, 2.75) is 19.9 Å². The highest BCUT2D eigenvalue weighted by atomic mass is 32.1. The van der Waals surface area contributed by atoms with Gasteiger partial charge in [-0.25, -0.2) is 9.78 Å². The van der Waals surface area contributed by atoms with Gasteiger partial charge in [0.25, 0.3) is 5.91 Å². The Bertz CT molecular complexity index is 918. The summed E-state index contributed by atoms with van der Waals surface area (Å²) in [4.78, 5) is 30.7. The van der Waals surface area contributed by atoms with Gasteiger partial charge in [0, 0.05) is 7.05 Å². The molecule has 5 nitrogen and oxygen atoms in total. The maximum absolute atomic E-state index is 12.4. The lowest BCUT2D eigenvalue weighted by atomic mass is 10.1. The fourth-order valence-electron chi connectivity index (χ4n) is 2.56. The molecular weight excluding hydrogens is 348 g/mol. The van der Waals surface area contributed by atoms with Crippen molar-refractivity contribution in [3.63, 3.8) is 0 Å². The molecule has 1 aromatic heterocycles. The molecule has 3 aromatic rings. The van der Waals surface area contributed by atoms with E-state index >= 15 is 0 Å². The number of hydrogen-bond donors (Lipinski definition) is 0. The third-order valence-electron chi connectivity index (χ3n) is 4.33. The lowest BCUT2D eigenvalue weighted by molar-refractivity contribution is -0.135. The van der Waals surface area contributed by atoms with Crippen molar-refractivity contribution < 1.29 is 14.3 Å². The first-order valence-electron chi connectivity index (χ1n) is 8.31. The highest BCUT2D eigenvalue weighted by Gasteiger charge is 2.22. The number of aromatic nitrogens is 1. The summed E-state index contributed by atoms with van der Waals surface area (Å²) in [6.45, 7) is 3.46. The maximum Gasteiger partial charge on any atom is 0.338 e. The number of benzene rings is 2. The molecule has 0 spiro atoms. The van der Waals surface area contributed by atoms with E-state index in [1.165, 1.54) is 0 Å². The van der Waals surface area contributed by atoms with Crippen LogP contribution < -0.4 is 0 Å². The van der Waals surface area contributed by atoms with E-state index in [2.05, 4.69) is 4.98 Å². The van der Waals surface area contributed by atoms with Crippen molar-refractivity contribution in [2.75, 3.05) is 13.7 Å². The average Bonchev–Trinajstić information content (AvgIpc) is 3.09. The molecule has 1 atom stereocenters. The topological polar surface area (TPSA) is 59.5 Å². The zero-order chi connectivity index (χ0) is 18.7. The summed E-state index contributed by atoms with van der Waals surface area (Å²) in [5, 5.41) is 0.854. The number of carbonyl (C=O) groups excluding carboxylic acids is 2. The lowest BCUT2D eigenvalue weighted by Crippen LogP contribution is -2.33. The second-order valence-corrected chi connectivity index (χ2v) is 7.15. The van der Waals surface area contributed by atoms with E-state index in [-0.39, 0.29) is 18.6 Å². The van der Waals surface area contributed by atoms with Crippen LogP contribution in [-0.4, -0.2) is 35.4 Å². The van der Waals surface area contributed by atoms with Crippen LogP contribution in [0.2, 0.25) is 0 Å². The molecule has 0 aliphatic rings. The first-order chi connectivity index (χ1) is 12.5. The van der Waals surface area contributed by atoms with Gasteiger partial charge in [-0.1, -0.05) is 30.3 Å². The van der Waals surface area contributed by atoms with Crippen LogP contribution >= 0.6 is 11.3 Å². The summed E-state index contributed by atoms with van der Waals surface area (Å²) in [5.41, 5.74) is 2.22. The number of thiazole rings is 1. The molecule has 0 bridgehead atoms. The zero-order valence-electron chi connectivity index (χ0n) is 14.9. The van der Waals surface area contributed by atoms with Crippen LogP contribution in [0.1, 0.15) is 33.9 Å². The first kappa shape index (κ1) is 18.1. The van der Waals surface area contributed by atoms with Crippen molar-refractivity contribution >= 4 is 33.4 Å². The number of esters is 1. The number of fused-ring (bicyclic) bond motifs is 1. The quantitative estimate of drug-likeness (QED) is 0.639. The van der Waals surface area contributed by atoms with Crippen molar-refractivity contribution in [3.8, 4) is 0 Å². The SMILES string of the molecule is Cc1ccccc1C(=O)OCC(=O)N(C)[C@@H](C)c1nc2ccccc2s1. The second-order valence-electron chi connectivity index (χ2n) is 6.09. The van der Waals surface area contributed by atoms with Gasteiger partial charge in [0.2, 0.25) is 0 Å². The molecule has 26 heavy (non-hydrogen) atoms. The summed E-state index contributed by atoms with van der Waals surface area (Å²) in [7, 11) is 1.70. The minimum atomic E-state index is -0.488. The van der Waals surface area contributed by atoms with Gasteiger partial charge in [-0.2, -0.15) is 0 Å². The summed E-state index contributed by atoms with van der Waals surface area (Å²) in [6.07, 6.45) is 0. The van der Waals surface area contributed by atoms with E-state index in [1.54, 1.807) is 35.4 Å². The van der Waals surface area contributed by atoms with E-state index in [1.807, 2.05) is 50.2 Å². The molecule has 0 saturated heterocycles. The third-order valence-corrected chi connectivity index (χ3v) is 5.54. The molecule has 0 N–H and O–H groups in total. The van der Waals surface area contributed by atoms with Gasteiger partial charge in [0.1, 0.15) is 5.01 Å². The first-order valence-corrected chi connectivity index (χ1v) is 9.13. The molecule has 0 radical (unpaired) electrons. The molecular formula is C20H20N2O3S. The summed E-state index contributed by atoms with van der Waals surface area (Å²) < 4.78 is 6.27. The molecule has 0 saturated carbocycles. The molecule has 0 aliphatic carbocycles. The number of ether oxygens (including phenoxy) is 1. The molecule has 2 aromatic carbocycles. The van der Waals surface area contributed by atoms with E-state index in [0.717, 1.165) is 20.8 Å². The Labute approximate surface area is 156 Å². The predicted octanol–water partition coefficient (Wildman–Crippen LogP) is 3.98. The van der Waals surface area contributed by atoms with Crippen molar-refractivity contribution in [3.05, 3.63) is 64.7 Å². The van der Waals surface area contributed by atoms with Crippen LogP contribution in [0.15, 0.2) is 48.5 Å². The third kappa shape index (κ3) is 3.75. The Balaban J connectivity index is 1.63. The largest absolute Gasteiger partial charge is 0.452 e. The second kappa shape index (κ2) is 7.66. The number of para-hydroxylation sites is 1. The molecule has 0 fully saturated rings. The number of hydrogen-bond acceptors (Lipinski definition) is 5. The van der Waals surface area contributed by atoms with Crippen LogP contribution in [-0.2, 0) is 9.53 Å². The van der Waals surface area contributed by atoms with Crippen LogP contribution in [0.4, 0.5) is 0 Å². The fourth-order valence-corrected chi connectivity index (χ4v) is 3.62. The number of rotatable bonds is 5. The van der Waals surface area contributed by atoms with Crippen LogP contribution in [0.5, 0.6) is 0 Å². The van der Waals surface area contributed by atoms with Crippen LogP contribution in [0.25, 0.3) is 10.2 Å². The number of likely N-dealkylation sites (N-methyl/N-ethyl adjacent to an activating group) is 1. The van der Waals surface area contributed by atoms with E-state index in [0.29, 0.717) is 5.56 Å². The van der Waals surface area contributed by atoms with Gasteiger partial charge >= 0.3 is 5.97 Å². The Kier molecular flexibility index (Phi) is 5.32. The van der Waals surface area contributed by atoms with Gasteiger partial charge in [0.05, 0.1) is 21.8 Å². The molecule has 1 heterocycles. The lowest BCUT2D eigenvalue weighted by Gasteiger charge is -2.23. The van der Waals surface area contributed by atoms with Gasteiger partial charge in [-0.05, 0) is 37.6 Å². The summed E-state index contributed by atoms with van der Waals surface area (Å²) in [5.74, 6) is -0.754. The van der Waals surface area contributed by atoms with Gasteiger partial charge in [-0.15, -0.1) is 11.3 Å². The highest BCUT2D eigenvalue weighted by Crippen LogP contribution is 2.28. The molecule has 0 unspecified atom stereocenters. The minimum absolute atomic E-state index is 0.197. The fraction of sp³-hybridized carbons (Fsp3) is 0.250. The smallest absolute Gasteiger partial charge is 0.338 e. The monoisotopic (exact) mass is 368 g/mol. The summed E-state index contributed by atoms with van der Waals surface area (Å²) >= 11 is 1.56. The Hall–Kier alpha value is -2.73. The summed E-state index contributed by atoms with van der Waals surface area (Å²) in [6, 6.07) is 14.8. The normalized spacial score (nSPS) is 12.0. The molecule has 0 aliphatic heterocycles. The van der Waals surface area contributed by atoms with Gasteiger partial charge < -0.3 is 9.64 Å². The standard InChI is InChI=1S/C20H20N2O3S/c1-13-8-4-5-9-15(13)20(24)25-12-18(23)22(3)14(2)19-21-16-10-6-7-11-17(16)26-19/h4-11,14H,12H2,1-3H3/t14-/m0/s1. The van der Waals surface area contributed by atoms with E-state index in [4.69, 9.17) is 4.74 Å². The Morgan fingerprint density at radius 3 is 2.58 bits per heavy atom. The zero-order valence-corrected chi connectivity index (χ0v) is 15.7. The number of amides is 1. The molecule has 1 amide bonds. The predicted molar refractivity (Wildman–Crippen MR) is 102 cm³/mol. The maximum atomic E-state index is 12.4. The highest BCUT2D eigenvalue weighted by molar-refractivity contribution is 7.18. The van der Waals surface area contributed by atoms with E-state index in [9.17, 15) is 9.59 Å². The van der Waals surface area contributed by atoms with Crippen molar-refractivity contribution in [1.82, 2.24) is 9.88 Å². The number of carbonyl (C=O) groups is 2. The Morgan fingerprint density at radius 1 is 1.15 bits per heavy atom. The Morgan fingerprint density at radius 2 is 1.85 bits per heavy atom.